The number of para-hydroxylation sites is 1. The average Bonchev–Trinajstić information content (AvgIpc) is 2.96. The summed E-state index contributed by atoms with van der Waals surface area (Å²) < 4.78 is 12.2. The van der Waals surface area contributed by atoms with Gasteiger partial charge in [0.2, 0.25) is 0 Å². The molecular weight excluding hydrogens is 478 g/mol. The molecule has 1 fully saturated rings. The number of carbonyl (C=O) groups excluding carboxylic acids is 2. The summed E-state index contributed by atoms with van der Waals surface area (Å²) in [6.45, 7) is 2.90. The van der Waals surface area contributed by atoms with Crippen LogP contribution in [0.3, 0.4) is 0 Å². The number of rotatable bonds is 8. The molecule has 2 amide bonds. The van der Waals surface area contributed by atoms with Gasteiger partial charge in [0.15, 0.2) is 0 Å². The van der Waals surface area contributed by atoms with Gasteiger partial charge < -0.3 is 9.47 Å². The van der Waals surface area contributed by atoms with Crippen molar-refractivity contribution < 1.29 is 19.1 Å². The number of amides is 2. The lowest BCUT2D eigenvalue weighted by Gasteiger charge is -2.14. The Morgan fingerprint density at radius 2 is 1.86 bits per heavy atom. The highest BCUT2D eigenvalue weighted by molar-refractivity contribution is 9.10. The Morgan fingerprint density at radius 1 is 1.10 bits per heavy atom. The summed E-state index contributed by atoms with van der Waals surface area (Å²) in [6.07, 6.45) is 2.56. The largest absolute Gasteiger partial charge is 0.493 e. The third-order valence-corrected chi connectivity index (χ3v) is 5.72. The van der Waals surface area contributed by atoms with E-state index in [1.165, 1.54) is 4.90 Å². The van der Waals surface area contributed by atoms with Gasteiger partial charge in [-0.05, 0) is 54.6 Å². The van der Waals surface area contributed by atoms with Crippen LogP contribution < -0.4 is 9.47 Å². The molecule has 29 heavy (non-hydrogen) atoms. The van der Waals surface area contributed by atoms with Crippen LogP contribution >= 0.6 is 39.3 Å². The van der Waals surface area contributed by atoms with Crippen molar-refractivity contribution in [2.75, 3.05) is 19.8 Å². The van der Waals surface area contributed by atoms with Crippen molar-refractivity contribution in [2.24, 2.45) is 0 Å². The lowest BCUT2D eigenvalue weighted by Crippen LogP contribution is -2.32. The normalized spacial score (nSPS) is 15.3. The molecular formula is C21H19BrClNO4S. The maximum absolute atomic E-state index is 12.7. The first kappa shape index (κ1) is 21.7. The van der Waals surface area contributed by atoms with Crippen LogP contribution in [0, 0.1) is 0 Å². The molecule has 0 aromatic heterocycles. The standard InChI is InChI=1S/C21H19BrClNO4S/c1-2-10-27-17-8-7-15(22)12-14(17)13-19-20(25)24(21(26)29-19)9-11-28-18-6-4-3-5-16(18)23/h3-8,12-13H,2,9-11H2,1H3/b19-13-. The van der Waals surface area contributed by atoms with Gasteiger partial charge in [0, 0.05) is 10.0 Å². The number of benzene rings is 2. The Labute approximate surface area is 187 Å². The zero-order valence-electron chi connectivity index (χ0n) is 15.7. The van der Waals surface area contributed by atoms with Crippen molar-refractivity contribution in [1.29, 1.82) is 0 Å². The first-order valence-corrected chi connectivity index (χ1v) is 11.0. The number of carbonyl (C=O) groups is 2. The number of imide groups is 1. The highest BCUT2D eigenvalue weighted by Gasteiger charge is 2.35. The number of thioether (sulfide) groups is 1. The SMILES string of the molecule is CCCOc1ccc(Br)cc1/C=C1\SC(=O)N(CCOc2ccccc2Cl)C1=O. The van der Waals surface area contributed by atoms with Gasteiger partial charge in [0.05, 0.1) is 23.1 Å². The molecule has 2 aromatic rings. The topological polar surface area (TPSA) is 55.8 Å². The van der Waals surface area contributed by atoms with E-state index < -0.39 is 0 Å². The summed E-state index contributed by atoms with van der Waals surface area (Å²) in [7, 11) is 0. The summed E-state index contributed by atoms with van der Waals surface area (Å²) in [5, 5.41) is 0.158. The molecule has 0 N–H and O–H groups in total. The van der Waals surface area contributed by atoms with Gasteiger partial charge in [-0.2, -0.15) is 0 Å². The predicted molar refractivity (Wildman–Crippen MR) is 120 cm³/mol. The Bertz CT molecular complexity index is 950. The fourth-order valence-corrected chi connectivity index (χ4v) is 4.04. The van der Waals surface area contributed by atoms with Gasteiger partial charge >= 0.3 is 0 Å². The van der Waals surface area contributed by atoms with Gasteiger partial charge in [-0.1, -0.05) is 46.6 Å². The molecule has 0 radical (unpaired) electrons. The zero-order chi connectivity index (χ0) is 20.8. The molecule has 1 heterocycles. The molecule has 3 rings (SSSR count). The number of halogens is 2. The molecule has 5 nitrogen and oxygen atoms in total. The second kappa shape index (κ2) is 10.2. The van der Waals surface area contributed by atoms with Gasteiger partial charge in [-0.25, -0.2) is 0 Å². The van der Waals surface area contributed by atoms with E-state index >= 15 is 0 Å². The van der Waals surface area contributed by atoms with Crippen molar-refractivity contribution >= 4 is 56.5 Å². The average molecular weight is 497 g/mol. The monoisotopic (exact) mass is 495 g/mol. The Hall–Kier alpha value is -1.96. The molecule has 2 aromatic carbocycles. The Morgan fingerprint density at radius 3 is 2.62 bits per heavy atom. The molecule has 1 aliphatic rings. The lowest BCUT2D eigenvalue weighted by atomic mass is 10.2. The molecule has 1 aliphatic heterocycles. The fourth-order valence-electron chi connectivity index (χ4n) is 2.62. The highest BCUT2D eigenvalue weighted by atomic mass is 79.9. The van der Waals surface area contributed by atoms with E-state index in [1.807, 2.05) is 25.1 Å². The minimum absolute atomic E-state index is 0.144. The van der Waals surface area contributed by atoms with Crippen LogP contribution in [0.25, 0.3) is 6.08 Å². The van der Waals surface area contributed by atoms with Gasteiger partial charge in [0.1, 0.15) is 18.1 Å². The predicted octanol–water partition coefficient (Wildman–Crippen LogP) is 6.01. The highest BCUT2D eigenvalue weighted by Crippen LogP contribution is 2.35. The molecule has 0 unspecified atom stereocenters. The maximum atomic E-state index is 12.7. The van der Waals surface area contributed by atoms with Crippen molar-refractivity contribution in [1.82, 2.24) is 4.90 Å². The summed E-state index contributed by atoms with van der Waals surface area (Å²) in [5.74, 6) is 0.844. The molecule has 0 aliphatic carbocycles. The minimum Gasteiger partial charge on any atom is -0.493 e. The first-order valence-electron chi connectivity index (χ1n) is 9.04. The minimum atomic E-state index is -0.343. The van der Waals surface area contributed by atoms with Crippen LogP contribution in [0.15, 0.2) is 51.8 Å². The van der Waals surface area contributed by atoms with Gasteiger partial charge in [-0.3, -0.25) is 14.5 Å². The van der Waals surface area contributed by atoms with Crippen molar-refractivity contribution in [2.45, 2.75) is 13.3 Å². The van der Waals surface area contributed by atoms with Crippen LogP contribution in [0.5, 0.6) is 11.5 Å². The molecule has 0 spiro atoms. The third kappa shape index (κ3) is 5.56. The Balaban J connectivity index is 1.70. The van der Waals surface area contributed by atoms with Crippen molar-refractivity contribution in [3.63, 3.8) is 0 Å². The molecule has 0 bridgehead atoms. The first-order chi connectivity index (χ1) is 14.0. The van der Waals surface area contributed by atoms with E-state index in [-0.39, 0.29) is 24.3 Å². The molecule has 0 atom stereocenters. The number of nitrogens with zero attached hydrogens (tertiary/aromatic N) is 1. The fraction of sp³-hybridized carbons (Fsp3) is 0.238. The second-order valence-electron chi connectivity index (χ2n) is 6.14. The van der Waals surface area contributed by atoms with Crippen LogP contribution in [-0.2, 0) is 4.79 Å². The van der Waals surface area contributed by atoms with Gasteiger partial charge in [0.25, 0.3) is 11.1 Å². The summed E-state index contributed by atoms with van der Waals surface area (Å²) in [4.78, 5) is 26.6. The van der Waals surface area contributed by atoms with Crippen LogP contribution in [0.2, 0.25) is 5.02 Å². The Kier molecular flexibility index (Phi) is 7.64. The summed E-state index contributed by atoms with van der Waals surface area (Å²) in [5.41, 5.74) is 0.741. The lowest BCUT2D eigenvalue weighted by molar-refractivity contribution is -0.123. The van der Waals surface area contributed by atoms with Crippen molar-refractivity contribution in [3.05, 3.63) is 62.4 Å². The number of ether oxygens (including phenoxy) is 2. The van der Waals surface area contributed by atoms with E-state index in [9.17, 15) is 9.59 Å². The van der Waals surface area contributed by atoms with Crippen LogP contribution in [0.1, 0.15) is 18.9 Å². The van der Waals surface area contributed by atoms with E-state index in [0.717, 1.165) is 28.2 Å². The van der Waals surface area contributed by atoms with Gasteiger partial charge in [-0.15, -0.1) is 0 Å². The van der Waals surface area contributed by atoms with Crippen LogP contribution in [-0.4, -0.2) is 35.8 Å². The molecule has 1 saturated heterocycles. The van der Waals surface area contributed by atoms with E-state index in [4.69, 9.17) is 21.1 Å². The zero-order valence-corrected chi connectivity index (χ0v) is 18.9. The maximum Gasteiger partial charge on any atom is 0.293 e. The van der Waals surface area contributed by atoms with E-state index in [2.05, 4.69) is 15.9 Å². The van der Waals surface area contributed by atoms with E-state index in [0.29, 0.717) is 28.0 Å². The second-order valence-corrected chi connectivity index (χ2v) is 8.46. The smallest absolute Gasteiger partial charge is 0.293 e. The van der Waals surface area contributed by atoms with Crippen molar-refractivity contribution in [3.8, 4) is 11.5 Å². The molecule has 152 valence electrons. The van der Waals surface area contributed by atoms with E-state index in [1.54, 1.807) is 30.3 Å². The summed E-state index contributed by atoms with van der Waals surface area (Å²) in [6, 6.07) is 12.6. The van der Waals surface area contributed by atoms with Crippen LogP contribution in [0.4, 0.5) is 4.79 Å². The number of hydrogen-bond acceptors (Lipinski definition) is 5. The molecule has 0 saturated carbocycles. The summed E-state index contributed by atoms with van der Waals surface area (Å²) >= 11 is 10.4. The molecule has 8 heteroatoms. The number of hydrogen-bond donors (Lipinski definition) is 0. The quantitative estimate of drug-likeness (QED) is 0.419. The third-order valence-electron chi connectivity index (χ3n) is 4.00.